The Hall–Kier alpha value is -3.46. The molecule has 1 atom stereocenters. The van der Waals surface area contributed by atoms with Crippen molar-refractivity contribution in [1.82, 2.24) is 5.32 Å². The molecule has 2 N–H and O–H groups in total. The maximum atomic E-state index is 13.0. The summed E-state index contributed by atoms with van der Waals surface area (Å²) in [7, 11) is 1.54. The predicted octanol–water partition coefficient (Wildman–Crippen LogP) is 2.83. The number of methoxy groups -OCH3 is 1. The Kier molecular flexibility index (Phi) is 6.97. The van der Waals surface area contributed by atoms with E-state index in [2.05, 4.69) is 10.6 Å². The van der Waals surface area contributed by atoms with Gasteiger partial charge in [0.2, 0.25) is 6.10 Å². The van der Waals surface area contributed by atoms with Gasteiger partial charge in [-0.15, -0.1) is 0 Å². The second-order valence-corrected chi connectivity index (χ2v) is 6.89. The first kappa shape index (κ1) is 21.3. The minimum absolute atomic E-state index is 0.0274. The van der Waals surface area contributed by atoms with Gasteiger partial charge in [0.05, 0.1) is 17.1 Å². The van der Waals surface area contributed by atoms with E-state index < -0.39 is 22.9 Å². The fourth-order valence-electron chi connectivity index (χ4n) is 2.83. The average Bonchev–Trinajstić information content (AvgIpc) is 3.56. The second kappa shape index (κ2) is 9.84. The SMILES string of the molecule is COCCNc1ccc([N+](=O)[O-])cc1C(=O)O[C@H](C(=O)NC1CC1)c1ccccc1. The summed E-state index contributed by atoms with van der Waals surface area (Å²) >= 11 is 0. The summed E-state index contributed by atoms with van der Waals surface area (Å²) in [5, 5.41) is 17.0. The van der Waals surface area contributed by atoms with Gasteiger partial charge in [-0.05, 0) is 18.9 Å². The van der Waals surface area contributed by atoms with Crippen LogP contribution >= 0.6 is 0 Å². The molecule has 0 aliphatic heterocycles. The minimum atomic E-state index is -1.16. The van der Waals surface area contributed by atoms with Crippen LogP contribution in [0.3, 0.4) is 0 Å². The molecule has 3 rings (SSSR count). The zero-order chi connectivity index (χ0) is 21.5. The first-order valence-corrected chi connectivity index (χ1v) is 9.57. The van der Waals surface area contributed by atoms with Gasteiger partial charge in [0.1, 0.15) is 0 Å². The maximum Gasteiger partial charge on any atom is 0.341 e. The molecule has 0 radical (unpaired) electrons. The van der Waals surface area contributed by atoms with Crippen molar-refractivity contribution in [2.45, 2.75) is 25.0 Å². The van der Waals surface area contributed by atoms with Crippen LogP contribution in [0.2, 0.25) is 0 Å². The molecule has 1 amide bonds. The molecule has 0 aromatic heterocycles. The van der Waals surface area contributed by atoms with Crippen LogP contribution in [0.4, 0.5) is 11.4 Å². The topological polar surface area (TPSA) is 120 Å². The zero-order valence-corrected chi connectivity index (χ0v) is 16.5. The number of rotatable bonds is 10. The Morgan fingerprint density at radius 3 is 2.57 bits per heavy atom. The number of hydrogen-bond donors (Lipinski definition) is 2. The number of nitrogens with one attached hydrogen (secondary N) is 2. The molecule has 9 heteroatoms. The molecule has 1 fully saturated rings. The summed E-state index contributed by atoms with van der Waals surface area (Å²) in [6.07, 6.45) is 0.615. The van der Waals surface area contributed by atoms with Crippen molar-refractivity contribution in [2.24, 2.45) is 0 Å². The summed E-state index contributed by atoms with van der Waals surface area (Å²) in [4.78, 5) is 36.3. The number of esters is 1. The molecule has 9 nitrogen and oxygen atoms in total. The van der Waals surface area contributed by atoms with Gasteiger partial charge in [0.15, 0.2) is 0 Å². The highest BCUT2D eigenvalue weighted by Gasteiger charge is 2.32. The number of nitro benzene ring substituents is 1. The van der Waals surface area contributed by atoms with Gasteiger partial charge in [-0.1, -0.05) is 30.3 Å². The largest absolute Gasteiger partial charge is 0.444 e. The number of carbonyl (C=O) groups is 2. The molecule has 1 saturated carbocycles. The highest BCUT2D eigenvalue weighted by Crippen LogP contribution is 2.27. The maximum absolute atomic E-state index is 13.0. The van der Waals surface area contributed by atoms with Crippen LogP contribution in [-0.2, 0) is 14.3 Å². The Balaban J connectivity index is 1.87. The number of ether oxygens (including phenoxy) is 2. The Bertz CT molecular complexity index is 914. The van der Waals surface area contributed by atoms with Gasteiger partial charge < -0.3 is 20.1 Å². The molecule has 1 aliphatic rings. The average molecular weight is 413 g/mol. The smallest absolute Gasteiger partial charge is 0.341 e. The van der Waals surface area contributed by atoms with E-state index in [9.17, 15) is 19.7 Å². The van der Waals surface area contributed by atoms with Crippen molar-refractivity contribution in [1.29, 1.82) is 0 Å². The van der Waals surface area contributed by atoms with Gasteiger partial charge in [-0.2, -0.15) is 0 Å². The lowest BCUT2D eigenvalue weighted by Crippen LogP contribution is -2.33. The number of anilines is 1. The number of nitrogens with zero attached hydrogens (tertiary/aromatic N) is 1. The third kappa shape index (κ3) is 5.54. The molecule has 0 spiro atoms. The van der Waals surface area contributed by atoms with Crippen LogP contribution in [0.1, 0.15) is 34.9 Å². The van der Waals surface area contributed by atoms with E-state index >= 15 is 0 Å². The highest BCUT2D eigenvalue weighted by atomic mass is 16.6. The number of nitro groups is 1. The van der Waals surface area contributed by atoms with Crippen LogP contribution in [0.5, 0.6) is 0 Å². The molecule has 30 heavy (non-hydrogen) atoms. The van der Waals surface area contributed by atoms with E-state index in [0.29, 0.717) is 24.4 Å². The molecule has 2 aromatic carbocycles. The van der Waals surface area contributed by atoms with Gasteiger partial charge in [-0.3, -0.25) is 14.9 Å². The summed E-state index contributed by atoms with van der Waals surface area (Å²) < 4.78 is 10.5. The van der Waals surface area contributed by atoms with Crippen LogP contribution < -0.4 is 10.6 Å². The Labute approximate surface area is 173 Å². The van der Waals surface area contributed by atoms with Gasteiger partial charge in [-0.25, -0.2) is 4.79 Å². The van der Waals surface area contributed by atoms with Crippen molar-refractivity contribution in [3.05, 3.63) is 69.8 Å². The van der Waals surface area contributed by atoms with E-state index in [1.807, 2.05) is 0 Å². The van der Waals surface area contributed by atoms with Crippen molar-refractivity contribution in [2.75, 3.05) is 25.6 Å². The fourth-order valence-corrected chi connectivity index (χ4v) is 2.83. The molecule has 0 heterocycles. The van der Waals surface area contributed by atoms with Crippen molar-refractivity contribution < 1.29 is 24.0 Å². The lowest BCUT2D eigenvalue weighted by Gasteiger charge is -2.19. The number of amides is 1. The van der Waals surface area contributed by atoms with Crippen LogP contribution in [-0.4, -0.2) is 43.1 Å². The van der Waals surface area contributed by atoms with Crippen molar-refractivity contribution >= 4 is 23.3 Å². The minimum Gasteiger partial charge on any atom is -0.444 e. The number of benzene rings is 2. The van der Waals surface area contributed by atoms with Gasteiger partial charge in [0, 0.05) is 43.1 Å². The van der Waals surface area contributed by atoms with Crippen LogP contribution in [0, 0.1) is 10.1 Å². The third-order valence-corrected chi connectivity index (χ3v) is 4.54. The molecule has 0 unspecified atom stereocenters. The monoisotopic (exact) mass is 413 g/mol. The van der Waals surface area contributed by atoms with E-state index in [1.165, 1.54) is 19.2 Å². The lowest BCUT2D eigenvalue weighted by atomic mass is 10.1. The number of non-ortho nitro benzene ring substituents is 1. The molecular weight excluding hydrogens is 390 g/mol. The Morgan fingerprint density at radius 2 is 1.93 bits per heavy atom. The molecule has 2 aromatic rings. The predicted molar refractivity (Wildman–Crippen MR) is 109 cm³/mol. The number of hydrogen-bond acceptors (Lipinski definition) is 7. The second-order valence-electron chi connectivity index (χ2n) is 6.89. The summed E-state index contributed by atoms with van der Waals surface area (Å²) in [5.41, 5.74) is 0.596. The van der Waals surface area contributed by atoms with E-state index in [0.717, 1.165) is 18.9 Å². The van der Waals surface area contributed by atoms with E-state index in [1.54, 1.807) is 30.3 Å². The first-order valence-electron chi connectivity index (χ1n) is 9.57. The van der Waals surface area contributed by atoms with Crippen LogP contribution in [0.15, 0.2) is 48.5 Å². The normalized spacial score (nSPS) is 13.9. The first-order chi connectivity index (χ1) is 14.5. The highest BCUT2D eigenvalue weighted by molar-refractivity contribution is 5.98. The summed E-state index contributed by atoms with van der Waals surface area (Å²) in [6.45, 7) is 0.765. The third-order valence-electron chi connectivity index (χ3n) is 4.54. The van der Waals surface area contributed by atoms with E-state index in [4.69, 9.17) is 9.47 Å². The Morgan fingerprint density at radius 1 is 1.20 bits per heavy atom. The van der Waals surface area contributed by atoms with E-state index in [-0.39, 0.29) is 17.3 Å². The standard InChI is InChI=1S/C21H23N3O6/c1-29-12-11-22-18-10-9-16(24(27)28)13-17(18)21(26)30-19(14-5-3-2-4-6-14)20(25)23-15-7-8-15/h2-6,9-10,13,15,19,22H,7-8,11-12H2,1H3,(H,23,25)/t19-/m0/s1. The summed E-state index contributed by atoms with van der Waals surface area (Å²) in [5.74, 6) is -1.25. The van der Waals surface area contributed by atoms with Gasteiger partial charge >= 0.3 is 5.97 Å². The summed E-state index contributed by atoms with van der Waals surface area (Å²) in [6, 6.07) is 12.6. The molecule has 158 valence electrons. The molecular formula is C21H23N3O6. The molecule has 1 aliphatic carbocycles. The fraction of sp³-hybridized carbons (Fsp3) is 0.333. The molecule has 0 bridgehead atoms. The lowest BCUT2D eigenvalue weighted by molar-refractivity contribution is -0.384. The number of carbonyl (C=O) groups excluding carboxylic acids is 2. The zero-order valence-electron chi connectivity index (χ0n) is 16.5. The molecule has 0 saturated heterocycles. The quantitative estimate of drug-likeness (QED) is 0.266. The van der Waals surface area contributed by atoms with Crippen molar-refractivity contribution in [3.8, 4) is 0 Å². The van der Waals surface area contributed by atoms with Crippen molar-refractivity contribution in [3.63, 3.8) is 0 Å². The van der Waals surface area contributed by atoms with Gasteiger partial charge in [0.25, 0.3) is 11.6 Å². The van der Waals surface area contributed by atoms with Crippen LogP contribution in [0.25, 0.3) is 0 Å².